The van der Waals surface area contributed by atoms with Crippen molar-refractivity contribution >= 4 is 5.57 Å². The van der Waals surface area contributed by atoms with Crippen molar-refractivity contribution in [3.63, 3.8) is 0 Å². The summed E-state index contributed by atoms with van der Waals surface area (Å²) < 4.78 is 16.1. The summed E-state index contributed by atoms with van der Waals surface area (Å²) in [6, 6.07) is 3.59. The van der Waals surface area contributed by atoms with Gasteiger partial charge in [-0.25, -0.2) is 0 Å². The Morgan fingerprint density at radius 2 is 1.70 bits per heavy atom. The van der Waals surface area contributed by atoms with Crippen molar-refractivity contribution in [3.8, 4) is 17.2 Å². The number of hydrogen-bond donors (Lipinski definition) is 1. The lowest BCUT2D eigenvalue weighted by Crippen LogP contribution is -2.34. The lowest BCUT2D eigenvalue weighted by atomic mass is 9.95. The molecule has 0 aliphatic carbocycles. The van der Waals surface area contributed by atoms with Gasteiger partial charge in [-0.05, 0) is 12.6 Å². The van der Waals surface area contributed by atoms with Crippen molar-refractivity contribution in [1.82, 2.24) is 4.90 Å². The molecule has 1 aromatic carbocycles. The number of β-amino-alcohol motifs (C(OH)–C–C–N with tert-alkyl or cyclic N) is 1. The lowest BCUT2D eigenvalue weighted by molar-refractivity contribution is 0.169. The Bertz CT molecular complexity index is 488. The maximum absolute atomic E-state index is 10.3. The average molecular weight is 279 g/mol. The van der Waals surface area contributed by atoms with Crippen LogP contribution in [0.15, 0.2) is 18.2 Å². The maximum Gasteiger partial charge on any atom is 0.133 e. The van der Waals surface area contributed by atoms with Crippen LogP contribution in [-0.2, 0) is 0 Å². The Labute approximate surface area is 119 Å². The van der Waals surface area contributed by atoms with Gasteiger partial charge in [-0.3, -0.25) is 4.90 Å². The Morgan fingerprint density at radius 3 is 2.15 bits per heavy atom. The predicted octanol–water partition coefficient (Wildman–Crippen LogP) is 1.40. The van der Waals surface area contributed by atoms with Gasteiger partial charge in [-0.1, -0.05) is 6.08 Å². The molecule has 0 spiro atoms. The fourth-order valence-electron chi connectivity index (χ4n) is 2.42. The Morgan fingerprint density at radius 1 is 1.10 bits per heavy atom. The van der Waals surface area contributed by atoms with Crippen molar-refractivity contribution < 1.29 is 19.3 Å². The Hall–Kier alpha value is -1.72. The summed E-state index contributed by atoms with van der Waals surface area (Å²) in [7, 11) is 6.76. The second kappa shape index (κ2) is 6.15. The van der Waals surface area contributed by atoms with Crippen molar-refractivity contribution in [2.24, 2.45) is 0 Å². The van der Waals surface area contributed by atoms with E-state index in [0.29, 0.717) is 23.8 Å². The molecular formula is C15H21NO4. The van der Waals surface area contributed by atoms with Crippen LogP contribution in [0, 0.1) is 0 Å². The van der Waals surface area contributed by atoms with Crippen molar-refractivity contribution in [1.29, 1.82) is 0 Å². The number of aliphatic hydroxyl groups is 1. The standard InChI is InChI=1S/C15H21NO4/c1-16-6-5-11(12(17)9-16)15-13(19-3)7-10(18-2)8-14(15)20-4/h5,7-8,12,17H,6,9H2,1-4H3/t12-/m1/s1. The molecule has 1 N–H and O–H groups in total. The molecule has 2 rings (SSSR count). The molecular weight excluding hydrogens is 258 g/mol. The molecule has 110 valence electrons. The molecule has 0 aromatic heterocycles. The highest BCUT2D eigenvalue weighted by Crippen LogP contribution is 2.40. The third kappa shape index (κ3) is 2.73. The molecule has 0 bridgehead atoms. The fourth-order valence-corrected chi connectivity index (χ4v) is 2.42. The van der Waals surface area contributed by atoms with Crippen LogP contribution in [0.3, 0.4) is 0 Å². The Kier molecular flexibility index (Phi) is 4.52. The van der Waals surface area contributed by atoms with Gasteiger partial charge >= 0.3 is 0 Å². The molecule has 1 atom stereocenters. The van der Waals surface area contributed by atoms with Crippen LogP contribution in [0.25, 0.3) is 5.57 Å². The summed E-state index contributed by atoms with van der Waals surface area (Å²) in [5.41, 5.74) is 1.62. The fraction of sp³-hybridized carbons (Fsp3) is 0.467. The lowest BCUT2D eigenvalue weighted by Gasteiger charge is -2.28. The number of aliphatic hydroxyl groups excluding tert-OH is 1. The summed E-state index contributed by atoms with van der Waals surface area (Å²) in [5.74, 6) is 1.93. The normalized spacial score (nSPS) is 19.4. The number of hydrogen-bond acceptors (Lipinski definition) is 5. The molecule has 0 radical (unpaired) electrons. The van der Waals surface area contributed by atoms with E-state index in [0.717, 1.165) is 17.7 Å². The van der Waals surface area contributed by atoms with E-state index >= 15 is 0 Å². The van der Waals surface area contributed by atoms with E-state index in [-0.39, 0.29) is 0 Å². The molecule has 0 unspecified atom stereocenters. The number of rotatable bonds is 4. The number of ether oxygens (including phenoxy) is 3. The number of likely N-dealkylation sites (N-methyl/N-ethyl adjacent to an activating group) is 1. The van der Waals surface area contributed by atoms with Crippen molar-refractivity contribution in [2.75, 3.05) is 41.5 Å². The van der Waals surface area contributed by atoms with E-state index in [1.165, 1.54) is 0 Å². The van der Waals surface area contributed by atoms with Crippen LogP contribution < -0.4 is 14.2 Å². The van der Waals surface area contributed by atoms with Gasteiger partial charge in [-0.15, -0.1) is 0 Å². The average Bonchev–Trinajstić information content (AvgIpc) is 2.46. The highest BCUT2D eigenvalue weighted by atomic mass is 16.5. The van der Waals surface area contributed by atoms with Crippen LogP contribution in [0.2, 0.25) is 0 Å². The Balaban J connectivity index is 2.54. The molecule has 5 heteroatoms. The van der Waals surface area contributed by atoms with E-state index in [1.807, 2.05) is 13.1 Å². The molecule has 1 heterocycles. The van der Waals surface area contributed by atoms with E-state index in [4.69, 9.17) is 14.2 Å². The van der Waals surface area contributed by atoms with Crippen LogP contribution in [0.1, 0.15) is 5.56 Å². The van der Waals surface area contributed by atoms with Gasteiger partial charge in [-0.2, -0.15) is 0 Å². The second-order valence-corrected chi connectivity index (χ2v) is 4.80. The summed E-state index contributed by atoms with van der Waals surface area (Å²) in [4.78, 5) is 2.05. The first-order valence-electron chi connectivity index (χ1n) is 6.47. The van der Waals surface area contributed by atoms with Crippen molar-refractivity contribution in [2.45, 2.75) is 6.10 Å². The van der Waals surface area contributed by atoms with Gasteiger partial charge in [0, 0.05) is 25.2 Å². The quantitative estimate of drug-likeness (QED) is 0.903. The summed E-state index contributed by atoms with van der Waals surface area (Å²) in [6.45, 7) is 1.37. The molecule has 0 saturated heterocycles. The minimum absolute atomic E-state index is 0.565. The number of methoxy groups -OCH3 is 3. The van der Waals surface area contributed by atoms with E-state index in [1.54, 1.807) is 33.5 Å². The van der Waals surface area contributed by atoms with Crippen LogP contribution in [0.4, 0.5) is 0 Å². The summed E-state index contributed by atoms with van der Waals surface area (Å²) >= 11 is 0. The minimum atomic E-state index is -0.565. The number of nitrogens with zero attached hydrogens (tertiary/aromatic N) is 1. The van der Waals surface area contributed by atoms with Gasteiger partial charge in [0.05, 0.1) is 33.0 Å². The third-order valence-corrected chi connectivity index (χ3v) is 3.47. The molecule has 0 fully saturated rings. The third-order valence-electron chi connectivity index (χ3n) is 3.47. The monoisotopic (exact) mass is 279 g/mol. The molecule has 1 aliphatic rings. The zero-order chi connectivity index (χ0) is 14.7. The largest absolute Gasteiger partial charge is 0.496 e. The smallest absolute Gasteiger partial charge is 0.133 e. The second-order valence-electron chi connectivity index (χ2n) is 4.80. The molecule has 5 nitrogen and oxygen atoms in total. The van der Waals surface area contributed by atoms with Gasteiger partial charge < -0.3 is 19.3 Å². The molecule has 0 saturated carbocycles. The first-order chi connectivity index (χ1) is 9.60. The number of benzene rings is 1. The predicted molar refractivity (Wildman–Crippen MR) is 77.6 cm³/mol. The molecule has 1 aromatic rings. The molecule has 1 aliphatic heterocycles. The highest BCUT2D eigenvalue weighted by Gasteiger charge is 2.25. The van der Waals surface area contributed by atoms with Crippen LogP contribution in [-0.4, -0.2) is 57.6 Å². The SMILES string of the molecule is COc1cc(OC)c(C2=CCN(C)C[C@H]2O)c(OC)c1. The maximum atomic E-state index is 10.3. The van der Waals surface area contributed by atoms with E-state index < -0.39 is 6.10 Å². The van der Waals surface area contributed by atoms with Crippen molar-refractivity contribution in [3.05, 3.63) is 23.8 Å². The summed E-state index contributed by atoms with van der Waals surface area (Å²) in [6.07, 6.45) is 1.44. The zero-order valence-corrected chi connectivity index (χ0v) is 12.3. The zero-order valence-electron chi connectivity index (χ0n) is 12.3. The minimum Gasteiger partial charge on any atom is -0.496 e. The van der Waals surface area contributed by atoms with Gasteiger partial charge in [0.1, 0.15) is 17.2 Å². The molecule has 20 heavy (non-hydrogen) atoms. The van der Waals surface area contributed by atoms with Gasteiger partial charge in [0.2, 0.25) is 0 Å². The first-order valence-corrected chi connectivity index (χ1v) is 6.47. The van der Waals surface area contributed by atoms with E-state index in [9.17, 15) is 5.11 Å². The first kappa shape index (κ1) is 14.7. The van der Waals surface area contributed by atoms with Gasteiger partial charge in [0.15, 0.2) is 0 Å². The van der Waals surface area contributed by atoms with E-state index in [2.05, 4.69) is 4.90 Å². The molecule has 0 amide bonds. The van der Waals surface area contributed by atoms with Crippen LogP contribution in [0.5, 0.6) is 17.2 Å². The topological polar surface area (TPSA) is 51.2 Å². The van der Waals surface area contributed by atoms with Gasteiger partial charge in [0.25, 0.3) is 0 Å². The van der Waals surface area contributed by atoms with Crippen LogP contribution >= 0.6 is 0 Å². The highest BCUT2D eigenvalue weighted by molar-refractivity contribution is 5.79. The summed E-state index contributed by atoms with van der Waals surface area (Å²) in [5, 5.41) is 10.3.